The van der Waals surface area contributed by atoms with Crippen molar-refractivity contribution in [2.75, 3.05) is 13.7 Å². The Morgan fingerprint density at radius 1 is 0.971 bits per heavy atom. The number of carbonyl (C=O) groups is 1. The SMILES string of the molecule is COc1cccc(-c2nc3cc(C(=O)NCCc4ncc[nH]4)ccc3nc2-c2cccc(O)c2)c1. The highest BCUT2D eigenvalue weighted by molar-refractivity contribution is 5.98. The molecule has 1 amide bonds. The molecule has 0 fully saturated rings. The first kappa shape index (κ1) is 22.1. The van der Waals surface area contributed by atoms with Crippen LogP contribution in [0, 0.1) is 0 Å². The Kier molecular flexibility index (Phi) is 6.09. The van der Waals surface area contributed by atoms with E-state index >= 15 is 0 Å². The molecule has 0 aliphatic heterocycles. The van der Waals surface area contributed by atoms with E-state index in [0.717, 1.165) is 17.0 Å². The fraction of sp³-hybridized carbons (Fsp3) is 0.111. The number of nitrogens with one attached hydrogen (secondary N) is 2. The Bertz CT molecular complexity index is 1500. The summed E-state index contributed by atoms with van der Waals surface area (Å²) in [7, 11) is 1.61. The zero-order valence-electron chi connectivity index (χ0n) is 19.0. The van der Waals surface area contributed by atoms with Gasteiger partial charge in [-0.15, -0.1) is 0 Å². The summed E-state index contributed by atoms with van der Waals surface area (Å²) >= 11 is 0. The van der Waals surface area contributed by atoms with Crippen molar-refractivity contribution in [1.29, 1.82) is 0 Å². The summed E-state index contributed by atoms with van der Waals surface area (Å²) in [6.45, 7) is 0.460. The zero-order chi connectivity index (χ0) is 24.2. The minimum atomic E-state index is -0.194. The molecule has 2 aromatic heterocycles. The molecular weight excluding hydrogens is 442 g/mol. The number of amides is 1. The molecule has 0 unspecified atom stereocenters. The third-order valence-corrected chi connectivity index (χ3v) is 5.59. The van der Waals surface area contributed by atoms with Gasteiger partial charge >= 0.3 is 0 Å². The van der Waals surface area contributed by atoms with Crippen LogP contribution in [0.15, 0.2) is 79.1 Å². The van der Waals surface area contributed by atoms with Crippen LogP contribution in [0.3, 0.4) is 0 Å². The number of carbonyl (C=O) groups excluding carboxylic acids is 1. The Balaban J connectivity index is 1.53. The number of fused-ring (bicyclic) bond motifs is 1. The second kappa shape index (κ2) is 9.64. The number of nitrogens with zero attached hydrogens (tertiary/aromatic N) is 3. The van der Waals surface area contributed by atoms with E-state index in [4.69, 9.17) is 14.7 Å². The molecule has 5 aromatic rings. The van der Waals surface area contributed by atoms with Gasteiger partial charge in [0.2, 0.25) is 0 Å². The van der Waals surface area contributed by atoms with Crippen molar-refractivity contribution >= 4 is 16.9 Å². The lowest BCUT2D eigenvalue weighted by Crippen LogP contribution is -2.25. The van der Waals surface area contributed by atoms with Gasteiger partial charge in [-0.3, -0.25) is 4.79 Å². The number of aromatic hydroxyl groups is 1. The lowest BCUT2D eigenvalue weighted by atomic mass is 10.0. The first-order valence-corrected chi connectivity index (χ1v) is 11.1. The first-order chi connectivity index (χ1) is 17.1. The maximum absolute atomic E-state index is 12.7. The van der Waals surface area contributed by atoms with Crippen molar-refractivity contribution in [3.63, 3.8) is 0 Å². The molecule has 0 saturated heterocycles. The fourth-order valence-corrected chi connectivity index (χ4v) is 3.85. The topological polar surface area (TPSA) is 113 Å². The molecule has 3 aromatic carbocycles. The molecule has 8 nitrogen and oxygen atoms in total. The standard InChI is InChI=1S/C27H23N5O3/c1-35-21-7-3-5-18(15-21)26-25(17-4-2-6-20(33)14-17)31-22-9-8-19(16-23(22)32-26)27(34)30-11-10-24-28-12-13-29-24/h2-9,12-16,33H,10-11H2,1H3,(H,28,29)(H,30,34). The van der Waals surface area contributed by atoms with Crippen LogP contribution in [0.2, 0.25) is 0 Å². The highest BCUT2D eigenvalue weighted by Crippen LogP contribution is 2.33. The van der Waals surface area contributed by atoms with E-state index in [1.54, 1.807) is 55.9 Å². The van der Waals surface area contributed by atoms with E-state index in [-0.39, 0.29) is 11.7 Å². The molecule has 35 heavy (non-hydrogen) atoms. The predicted octanol–water partition coefficient (Wildman–Crippen LogP) is 4.37. The number of hydrogen-bond donors (Lipinski definition) is 3. The molecule has 0 atom stereocenters. The van der Waals surface area contributed by atoms with Crippen LogP contribution in [-0.4, -0.2) is 44.6 Å². The van der Waals surface area contributed by atoms with Gasteiger partial charge in [0.25, 0.3) is 5.91 Å². The van der Waals surface area contributed by atoms with E-state index in [1.807, 2.05) is 30.3 Å². The van der Waals surface area contributed by atoms with Crippen molar-refractivity contribution in [1.82, 2.24) is 25.3 Å². The number of imidazole rings is 1. The highest BCUT2D eigenvalue weighted by atomic mass is 16.5. The quantitative estimate of drug-likeness (QED) is 0.329. The number of ether oxygens (including phenoxy) is 1. The summed E-state index contributed by atoms with van der Waals surface area (Å²) in [6.07, 6.45) is 4.05. The second-order valence-corrected chi connectivity index (χ2v) is 7.95. The zero-order valence-corrected chi connectivity index (χ0v) is 19.0. The van der Waals surface area contributed by atoms with Gasteiger partial charge < -0.3 is 20.1 Å². The average molecular weight is 466 g/mol. The van der Waals surface area contributed by atoms with Crippen molar-refractivity contribution < 1.29 is 14.6 Å². The van der Waals surface area contributed by atoms with E-state index in [9.17, 15) is 9.90 Å². The van der Waals surface area contributed by atoms with Gasteiger partial charge in [-0.25, -0.2) is 15.0 Å². The Hall–Kier alpha value is -4.72. The Labute approximate surface area is 201 Å². The van der Waals surface area contributed by atoms with E-state index in [1.165, 1.54) is 0 Å². The number of phenols is 1. The summed E-state index contributed by atoms with van der Waals surface area (Å²) in [5.74, 6) is 1.45. The number of methoxy groups -OCH3 is 1. The fourth-order valence-electron chi connectivity index (χ4n) is 3.85. The molecular formula is C27H23N5O3. The number of rotatable bonds is 7. The summed E-state index contributed by atoms with van der Waals surface area (Å²) in [5, 5.41) is 13.0. The molecule has 0 aliphatic carbocycles. The lowest BCUT2D eigenvalue weighted by Gasteiger charge is -2.12. The maximum atomic E-state index is 12.7. The van der Waals surface area contributed by atoms with Gasteiger partial charge in [0.05, 0.1) is 29.5 Å². The number of aromatic nitrogens is 4. The van der Waals surface area contributed by atoms with Gasteiger partial charge in [0, 0.05) is 42.0 Å². The summed E-state index contributed by atoms with van der Waals surface area (Å²) in [6, 6.07) is 19.7. The van der Waals surface area contributed by atoms with Crippen LogP contribution in [0.1, 0.15) is 16.2 Å². The van der Waals surface area contributed by atoms with E-state index in [2.05, 4.69) is 15.3 Å². The predicted molar refractivity (Wildman–Crippen MR) is 133 cm³/mol. The summed E-state index contributed by atoms with van der Waals surface area (Å²) < 4.78 is 5.40. The minimum Gasteiger partial charge on any atom is -0.508 e. The smallest absolute Gasteiger partial charge is 0.251 e. The molecule has 5 rings (SSSR count). The van der Waals surface area contributed by atoms with Crippen LogP contribution in [0.4, 0.5) is 0 Å². The van der Waals surface area contributed by atoms with Crippen LogP contribution in [0.5, 0.6) is 11.5 Å². The number of aromatic amines is 1. The number of phenolic OH excluding ortho intramolecular Hbond substituents is 1. The van der Waals surface area contributed by atoms with Gasteiger partial charge in [-0.05, 0) is 42.5 Å². The number of benzene rings is 3. The normalized spacial score (nSPS) is 10.9. The molecule has 3 N–H and O–H groups in total. The Morgan fingerprint density at radius 2 is 1.74 bits per heavy atom. The van der Waals surface area contributed by atoms with Crippen molar-refractivity contribution in [2.45, 2.75) is 6.42 Å². The van der Waals surface area contributed by atoms with Crippen LogP contribution in [-0.2, 0) is 6.42 Å². The molecule has 0 aliphatic rings. The van der Waals surface area contributed by atoms with Crippen LogP contribution in [0.25, 0.3) is 33.5 Å². The third-order valence-electron chi connectivity index (χ3n) is 5.59. The monoisotopic (exact) mass is 465 g/mol. The summed E-state index contributed by atoms with van der Waals surface area (Å²) in [4.78, 5) is 29.7. The second-order valence-electron chi connectivity index (χ2n) is 7.95. The molecule has 8 heteroatoms. The molecule has 0 bridgehead atoms. The molecule has 174 valence electrons. The molecule has 0 spiro atoms. The third kappa shape index (κ3) is 4.81. The number of H-pyrrole nitrogens is 1. The van der Waals surface area contributed by atoms with Crippen molar-refractivity contribution in [2.24, 2.45) is 0 Å². The van der Waals surface area contributed by atoms with E-state index < -0.39 is 0 Å². The largest absolute Gasteiger partial charge is 0.508 e. The number of hydrogen-bond acceptors (Lipinski definition) is 6. The maximum Gasteiger partial charge on any atom is 0.251 e. The van der Waals surface area contributed by atoms with Crippen molar-refractivity contribution in [3.05, 3.63) is 90.5 Å². The Morgan fingerprint density at radius 3 is 2.49 bits per heavy atom. The molecule has 0 saturated carbocycles. The van der Waals surface area contributed by atoms with Crippen LogP contribution < -0.4 is 10.1 Å². The van der Waals surface area contributed by atoms with Gasteiger partial charge in [0.15, 0.2) is 0 Å². The highest BCUT2D eigenvalue weighted by Gasteiger charge is 2.16. The summed E-state index contributed by atoms with van der Waals surface area (Å²) in [5.41, 5.74) is 4.51. The van der Waals surface area contributed by atoms with Gasteiger partial charge in [-0.1, -0.05) is 24.3 Å². The lowest BCUT2D eigenvalue weighted by molar-refractivity contribution is 0.0954. The van der Waals surface area contributed by atoms with Gasteiger partial charge in [0.1, 0.15) is 17.3 Å². The van der Waals surface area contributed by atoms with Gasteiger partial charge in [-0.2, -0.15) is 0 Å². The van der Waals surface area contributed by atoms with Crippen LogP contribution >= 0.6 is 0 Å². The van der Waals surface area contributed by atoms with E-state index in [0.29, 0.717) is 46.7 Å². The molecule has 0 radical (unpaired) electrons. The van der Waals surface area contributed by atoms with Crippen molar-refractivity contribution in [3.8, 4) is 34.0 Å². The average Bonchev–Trinajstić information content (AvgIpc) is 3.41. The first-order valence-electron chi connectivity index (χ1n) is 11.1. The minimum absolute atomic E-state index is 0.141. The molecule has 2 heterocycles.